The molecule has 1 fully saturated rings. The van der Waals surface area contributed by atoms with Gasteiger partial charge in [-0.3, -0.25) is 9.69 Å². The Labute approximate surface area is 164 Å². The van der Waals surface area contributed by atoms with Crippen LogP contribution in [0.5, 0.6) is 17.2 Å². The van der Waals surface area contributed by atoms with E-state index in [1.165, 1.54) is 6.26 Å². The maximum Gasteiger partial charge on any atom is 0.275 e. The molecular weight excluding hydrogens is 362 g/mol. The van der Waals surface area contributed by atoms with Crippen LogP contribution in [0.25, 0.3) is 0 Å². The van der Waals surface area contributed by atoms with Crippen LogP contribution < -0.4 is 14.2 Å². The number of aromatic nitrogens is 1. The molecule has 0 spiro atoms. The molecule has 0 bridgehead atoms. The van der Waals surface area contributed by atoms with Crippen molar-refractivity contribution in [3.05, 3.63) is 36.0 Å². The minimum Gasteiger partial charge on any atom is -0.484 e. The van der Waals surface area contributed by atoms with Crippen molar-refractivity contribution in [2.24, 2.45) is 0 Å². The lowest BCUT2D eigenvalue weighted by Gasteiger charge is -2.41. The van der Waals surface area contributed by atoms with Crippen molar-refractivity contribution < 1.29 is 23.4 Å². The van der Waals surface area contributed by atoms with Crippen molar-refractivity contribution >= 4 is 5.91 Å². The first-order valence-corrected chi connectivity index (χ1v) is 9.53. The van der Waals surface area contributed by atoms with Gasteiger partial charge >= 0.3 is 0 Å². The van der Waals surface area contributed by atoms with Crippen LogP contribution in [0, 0.1) is 0 Å². The number of ether oxygens (including phenoxy) is 3. The number of carbonyl (C=O) groups is 1. The zero-order valence-corrected chi connectivity index (χ0v) is 16.4. The van der Waals surface area contributed by atoms with Crippen LogP contribution in [0.4, 0.5) is 0 Å². The van der Waals surface area contributed by atoms with E-state index in [0.717, 1.165) is 6.54 Å². The van der Waals surface area contributed by atoms with E-state index < -0.39 is 0 Å². The molecule has 0 saturated carbocycles. The van der Waals surface area contributed by atoms with E-state index in [1.807, 2.05) is 4.90 Å². The molecule has 0 N–H and O–H groups in total. The second kappa shape index (κ2) is 7.71. The number of hydrogen-bond donors (Lipinski definition) is 0. The zero-order chi connectivity index (χ0) is 19.7. The van der Waals surface area contributed by atoms with Gasteiger partial charge in [-0.2, -0.15) is 0 Å². The van der Waals surface area contributed by atoms with Crippen molar-refractivity contribution in [1.29, 1.82) is 0 Å². The Morgan fingerprint density at radius 1 is 1.29 bits per heavy atom. The Balaban J connectivity index is 1.34. The molecule has 0 unspecified atom stereocenters. The number of rotatable bonds is 5. The molecule has 0 radical (unpaired) electrons. The van der Waals surface area contributed by atoms with Crippen LogP contribution in [0.2, 0.25) is 0 Å². The summed E-state index contributed by atoms with van der Waals surface area (Å²) in [4.78, 5) is 21.3. The molecule has 1 saturated heterocycles. The molecule has 8 nitrogen and oxygen atoms in total. The molecule has 2 aromatic rings. The van der Waals surface area contributed by atoms with E-state index in [-0.39, 0.29) is 19.3 Å². The van der Waals surface area contributed by atoms with E-state index >= 15 is 0 Å². The Kier molecular flexibility index (Phi) is 5.13. The average molecular weight is 387 g/mol. The molecule has 1 amide bonds. The van der Waals surface area contributed by atoms with Crippen LogP contribution >= 0.6 is 0 Å². The normalized spacial score (nSPS) is 19.3. The van der Waals surface area contributed by atoms with Crippen molar-refractivity contribution in [3.63, 3.8) is 0 Å². The highest BCUT2D eigenvalue weighted by molar-refractivity contribution is 5.92. The highest BCUT2D eigenvalue weighted by Gasteiger charge is 2.29. The van der Waals surface area contributed by atoms with E-state index in [9.17, 15) is 4.79 Å². The lowest BCUT2D eigenvalue weighted by atomic mass is 10.1. The summed E-state index contributed by atoms with van der Waals surface area (Å²) in [6, 6.07) is 6.13. The molecule has 2 aliphatic heterocycles. The summed E-state index contributed by atoms with van der Waals surface area (Å²) in [5, 5.41) is 0. The molecule has 1 aromatic heterocycles. The van der Waals surface area contributed by atoms with Crippen molar-refractivity contribution in [2.75, 3.05) is 26.4 Å². The van der Waals surface area contributed by atoms with Gasteiger partial charge in [0, 0.05) is 37.8 Å². The number of nitrogens with zero attached hydrogens (tertiary/aromatic N) is 3. The van der Waals surface area contributed by atoms with Crippen LogP contribution in [0.3, 0.4) is 0 Å². The van der Waals surface area contributed by atoms with Crippen LogP contribution in [-0.4, -0.2) is 59.2 Å². The summed E-state index contributed by atoms with van der Waals surface area (Å²) in [6.07, 6.45) is 1.40. The number of carbonyl (C=O) groups excluding carboxylic acids is 1. The first kappa shape index (κ1) is 18.6. The SMILES string of the molecule is CC(C)N1CCN(C(=O)c2coc(COc3ccc4c(c3)OCO4)n2)C[C@@H]1C. The van der Waals surface area contributed by atoms with Crippen molar-refractivity contribution in [3.8, 4) is 17.2 Å². The summed E-state index contributed by atoms with van der Waals surface area (Å²) in [5.41, 5.74) is 0.314. The second-order valence-electron chi connectivity index (χ2n) is 7.36. The largest absolute Gasteiger partial charge is 0.484 e. The van der Waals surface area contributed by atoms with Gasteiger partial charge in [0.25, 0.3) is 5.91 Å². The number of amides is 1. The minimum atomic E-state index is -0.103. The molecule has 150 valence electrons. The summed E-state index contributed by atoms with van der Waals surface area (Å²) in [7, 11) is 0. The summed E-state index contributed by atoms with van der Waals surface area (Å²) >= 11 is 0. The van der Waals surface area contributed by atoms with Gasteiger partial charge < -0.3 is 23.5 Å². The lowest BCUT2D eigenvalue weighted by Crippen LogP contribution is -2.55. The highest BCUT2D eigenvalue weighted by atomic mass is 16.7. The van der Waals surface area contributed by atoms with E-state index in [2.05, 4.69) is 30.7 Å². The fourth-order valence-electron chi connectivity index (χ4n) is 3.67. The Morgan fingerprint density at radius 3 is 2.89 bits per heavy atom. The standard InChI is InChI=1S/C20H25N3O5/c1-13(2)23-7-6-22(9-14(23)3)20(24)16-10-26-19(21-16)11-25-15-4-5-17-18(8-15)28-12-27-17/h4-5,8,10,13-14H,6-7,9,11-12H2,1-3H3/t14-/m0/s1. The number of oxazole rings is 1. The fraction of sp³-hybridized carbons (Fsp3) is 0.500. The van der Waals surface area contributed by atoms with Gasteiger partial charge in [-0.05, 0) is 32.9 Å². The van der Waals surface area contributed by atoms with Gasteiger partial charge in [-0.1, -0.05) is 0 Å². The van der Waals surface area contributed by atoms with Crippen LogP contribution in [0.1, 0.15) is 37.2 Å². The van der Waals surface area contributed by atoms with Crippen LogP contribution in [0.15, 0.2) is 28.9 Å². The molecule has 2 aliphatic rings. The van der Waals surface area contributed by atoms with Gasteiger partial charge in [0.2, 0.25) is 12.7 Å². The third kappa shape index (κ3) is 3.77. The van der Waals surface area contributed by atoms with Gasteiger partial charge in [0.05, 0.1) is 0 Å². The predicted octanol–water partition coefficient (Wildman–Crippen LogP) is 2.54. The monoisotopic (exact) mass is 387 g/mol. The van der Waals surface area contributed by atoms with Crippen molar-refractivity contribution in [2.45, 2.75) is 39.5 Å². The fourth-order valence-corrected chi connectivity index (χ4v) is 3.67. The highest BCUT2D eigenvalue weighted by Crippen LogP contribution is 2.35. The minimum absolute atomic E-state index is 0.103. The maximum absolute atomic E-state index is 12.8. The number of benzene rings is 1. The first-order chi connectivity index (χ1) is 13.5. The molecule has 3 heterocycles. The summed E-state index contributed by atoms with van der Waals surface area (Å²) in [6.45, 7) is 9.09. The van der Waals surface area contributed by atoms with E-state index in [1.54, 1.807) is 18.2 Å². The molecule has 1 atom stereocenters. The van der Waals surface area contributed by atoms with Gasteiger partial charge in [-0.25, -0.2) is 4.98 Å². The molecule has 0 aliphatic carbocycles. The van der Waals surface area contributed by atoms with Crippen LogP contribution in [-0.2, 0) is 6.61 Å². The number of piperazine rings is 1. The smallest absolute Gasteiger partial charge is 0.275 e. The third-order valence-electron chi connectivity index (χ3n) is 5.11. The van der Waals surface area contributed by atoms with Gasteiger partial charge in [-0.15, -0.1) is 0 Å². The maximum atomic E-state index is 12.8. The second-order valence-corrected chi connectivity index (χ2v) is 7.36. The number of fused-ring (bicyclic) bond motifs is 1. The quantitative estimate of drug-likeness (QED) is 0.780. The first-order valence-electron chi connectivity index (χ1n) is 9.53. The van der Waals surface area contributed by atoms with Gasteiger partial charge in [0.1, 0.15) is 12.0 Å². The summed E-state index contributed by atoms with van der Waals surface area (Å²) in [5.74, 6) is 2.22. The zero-order valence-electron chi connectivity index (χ0n) is 16.4. The predicted molar refractivity (Wildman–Crippen MR) is 101 cm³/mol. The van der Waals surface area contributed by atoms with Crippen molar-refractivity contribution in [1.82, 2.24) is 14.8 Å². The van der Waals surface area contributed by atoms with E-state index in [0.29, 0.717) is 54.0 Å². The Morgan fingerprint density at radius 2 is 2.11 bits per heavy atom. The molecular formula is C20H25N3O5. The van der Waals surface area contributed by atoms with E-state index in [4.69, 9.17) is 18.6 Å². The average Bonchev–Trinajstić information content (AvgIpc) is 3.34. The van der Waals surface area contributed by atoms with Gasteiger partial charge in [0.15, 0.2) is 23.8 Å². The lowest BCUT2D eigenvalue weighted by molar-refractivity contribution is 0.0421. The number of hydrogen-bond acceptors (Lipinski definition) is 7. The molecule has 1 aromatic carbocycles. The topological polar surface area (TPSA) is 77.3 Å². The Bertz CT molecular complexity index is 850. The Hall–Kier alpha value is -2.74. The molecule has 4 rings (SSSR count). The molecule has 28 heavy (non-hydrogen) atoms. The molecule has 8 heteroatoms. The summed E-state index contributed by atoms with van der Waals surface area (Å²) < 4.78 is 21.7. The third-order valence-corrected chi connectivity index (χ3v) is 5.11.